The molecule has 0 radical (unpaired) electrons. The van der Waals surface area contributed by atoms with Crippen molar-refractivity contribution in [3.8, 4) is 0 Å². The smallest absolute Gasteiger partial charge is 0.285 e. The van der Waals surface area contributed by atoms with Crippen molar-refractivity contribution in [1.29, 1.82) is 0 Å². The third kappa shape index (κ3) is 2.93. The van der Waals surface area contributed by atoms with Crippen molar-refractivity contribution in [2.45, 2.75) is 24.8 Å². The van der Waals surface area contributed by atoms with Gasteiger partial charge in [-0.3, -0.25) is 4.79 Å². The Balaban J connectivity index is 2.28. The molecule has 102 valence electrons. The molecule has 0 bridgehead atoms. The predicted octanol–water partition coefficient (Wildman–Crippen LogP) is 0.748. The molecule has 0 spiro atoms. The molecule has 0 saturated heterocycles. The number of carbonyl (C=O) groups is 1. The van der Waals surface area contributed by atoms with E-state index in [0.29, 0.717) is 5.69 Å². The molecule has 1 N–H and O–H groups in total. The van der Waals surface area contributed by atoms with E-state index in [1.807, 2.05) is 13.8 Å². The first kappa shape index (κ1) is 13.5. The summed E-state index contributed by atoms with van der Waals surface area (Å²) in [5.74, 6) is -0.185. The van der Waals surface area contributed by atoms with Gasteiger partial charge in [0.1, 0.15) is 17.8 Å². The molecule has 1 aliphatic rings. The maximum atomic E-state index is 11.8. The average molecular weight is 281 g/mol. The van der Waals surface area contributed by atoms with Crippen LogP contribution in [0, 0.1) is 0 Å². The van der Waals surface area contributed by atoms with Gasteiger partial charge in [-0.15, -0.1) is 4.40 Å². The Hall–Kier alpha value is -1.89. The van der Waals surface area contributed by atoms with E-state index in [2.05, 4.69) is 9.71 Å². The van der Waals surface area contributed by atoms with Crippen molar-refractivity contribution in [2.75, 3.05) is 11.4 Å². The van der Waals surface area contributed by atoms with Gasteiger partial charge in [-0.05, 0) is 26.0 Å². The van der Waals surface area contributed by atoms with Crippen LogP contribution in [0.15, 0.2) is 33.6 Å². The first-order valence-electron chi connectivity index (χ1n) is 5.85. The number of nitrogens with zero attached hydrogens (tertiary/aromatic N) is 2. The molecule has 1 aliphatic heterocycles. The molecule has 0 fully saturated rings. The quantitative estimate of drug-likeness (QED) is 0.886. The number of hydrogen-bond donors (Lipinski definition) is 1. The Bertz CT molecular complexity index is 623. The van der Waals surface area contributed by atoms with E-state index in [-0.39, 0.29) is 23.4 Å². The van der Waals surface area contributed by atoms with Crippen molar-refractivity contribution in [2.24, 2.45) is 4.40 Å². The molecule has 19 heavy (non-hydrogen) atoms. The Morgan fingerprint density at radius 3 is 2.74 bits per heavy atom. The molecule has 6 nitrogen and oxygen atoms in total. The van der Waals surface area contributed by atoms with Crippen LogP contribution >= 0.6 is 0 Å². The highest BCUT2D eigenvalue weighted by atomic mass is 32.2. The minimum Gasteiger partial charge on any atom is -0.352 e. The lowest BCUT2D eigenvalue weighted by molar-refractivity contribution is -0.120. The van der Waals surface area contributed by atoms with Gasteiger partial charge < -0.3 is 10.2 Å². The van der Waals surface area contributed by atoms with E-state index in [9.17, 15) is 13.2 Å². The van der Waals surface area contributed by atoms with E-state index < -0.39 is 10.0 Å². The first-order chi connectivity index (χ1) is 8.90. The number of nitrogens with one attached hydrogen (secondary N) is 1. The lowest BCUT2D eigenvalue weighted by Gasteiger charge is -2.24. The van der Waals surface area contributed by atoms with Crippen LogP contribution in [0.1, 0.15) is 13.8 Å². The van der Waals surface area contributed by atoms with E-state index in [1.54, 1.807) is 18.2 Å². The molecule has 0 atom stereocenters. The Kier molecular flexibility index (Phi) is 3.57. The lowest BCUT2D eigenvalue weighted by atomic mass is 10.3. The summed E-state index contributed by atoms with van der Waals surface area (Å²) >= 11 is 0. The number of fused-ring (bicyclic) bond motifs is 1. The zero-order valence-electron chi connectivity index (χ0n) is 10.7. The molecule has 2 rings (SSSR count). The summed E-state index contributed by atoms with van der Waals surface area (Å²) in [6, 6.07) is 6.52. The Morgan fingerprint density at radius 2 is 2.05 bits per heavy atom. The van der Waals surface area contributed by atoms with Crippen molar-refractivity contribution in [3.63, 3.8) is 0 Å². The van der Waals surface area contributed by atoms with Crippen LogP contribution in [0.5, 0.6) is 0 Å². The summed E-state index contributed by atoms with van der Waals surface area (Å²) in [6.07, 6.45) is 1.18. The maximum Gasteiger partial charge on any atom is 0.285 e. The van der Waals surface area contributed by atoms with Crippen LogP contribution in [-0.2, 0) is 14.8 Å². The highest BCUT2D eigenvalue weighted by molar-refractivity contribution is 7.90. The van der Waals surface area contributed by atoms with E-state index in [0.717, 1.165) is 0 Å². The van der Waals surface area contributed by atoms with Crippen LogP contribution < -0.4 is 10.2 Å². The summed E-state index contributed by atoms with van der Waals surface area (Å²) in [7, 11) is -3.64. The minimum atomic E-state index is -3.64. The van der Waals surface area contributed by atoms with Gasteiger partial charge in [0.15, 0.2) is 0 Å². The molecule has 0 saturated carbocycles. The normalized spacial score (nSPS) is 16.3. The molecule has 0 unspecified atom stereocenters. The van der Waals surface area contributed by atoms with E-state index in [1.165, 1.54) is 17.3 Å². The molecule has 1 amide bonds. The van der Waals surface area contributed by atoms with Gasteiger partial charge in [-0.25, -0.2) is 0 Å². The van der Waals surface area contributed by atoms with Gasteiger partial charge >= 0.3 is 0 Å². The van der Waals surface area contributed by atoms with Crippen molar-refractivity contribution < 1.29 is 13.2 Å². The molecule has 1 aromatic carbocycles. The minimum absolute atomic E-state index is 0.0354. The Morgan fingerprint density at radius 1 is 1.37 bits per heavy atom. The van der Waals surface area contributed by atoms with Crippen LogP contribution in [0.3, 0.4) is 0 Å². The molecule has 0 aliphatic carbocycles. The molecule has 0 aromatic heterocycles. The highest BCUT2D eigenvalue weighted by Gasteiger charge is 2.25. The summed E-state index contributed by atoms with van der Waals surface area (Å²) < 4.78 is 27.0. The van der Waals surface area contributed by atoms with Gasteiger partial charge in [0, 0.05) is 6.04 Å². The number of anilines is 1. The van der Waals surface area contributed by atoms with E-state index >= 15 is 0 Å². The van der Waals surface area contributed by atoms with Gasteiger partial charge in [-0.1, -0.05) is 12.1 Å². The second kappa shape index (κ2) is 5.00. The van der Waals surface area contributed by atoms with Gasteiger partial charge in [0.25, 0.3) is 10.0 Å². The summed E-state index contributed by atoms with van der Waals surface area (Å²) in [5, 5.41) is 2.75. The zero-order chi connectivity index (χ0) is 14.0. The maximum absolute atomic E-state index is 11.8. The van der Waals surface area contributed by atoms with Gasteiger partial charge in [0.05, 0.1) is 5.69 Å². The third-order valence-corrected chi connectivity index (χ3v) is 3.81. The number of rotatable bonds is 3. The number of benzene rings is 1. The van der Waals surface area contributed by atoms with Crippen LogP contribution in [0.4, 0.5) is 5.69 Å². The molecule has 1 aromatic rings. The van der Waals surface area contributed by atoms with Gasteiger partial charge in [0.2, 0.25) is 5.91 Å². The largest absolute Gasteiger partial charge is 0.352 e. The summed E-state index contributed by atoms with van der Waals surface area (Å²) in [5.41, 5.74) is 0.469. The summed E-state index contributed by atoms with van der Waals surface area (Å²) in [6.45, 7) is 3.76. The van der Waals surface area contributed by atoms with Crippen molar-refractivity contribution >= 4 is 28.0 Å². The number of carbonyl (C=O) groups excluding carboxylic acids is 1. The second-order valence-electron chi connectivity index (χ2n) is 4.51. The third-order valence-electron chi connectivity index (χ3n) is 2.54. The molecular weight excluding hydrogens is 266 g/mol. The summed E-state index contributed by atoms with van der Waals surface area (Å²) in [4.78, 5) is 13.4. The highest BCUT2D eigenvalue weighted by Crippen LogP contribution is 2.28. The standard InChI is InChI=1S/C12H15N3O3S/c1-9(2)14-12(16)7-15-8-13-19(17,18)11-6-4-3-5-10(11)15/h3-6,8-9H,7H2,1-2H3,(H,14,16). The molecule has 1 heterocycles. The SMILES string of the molecule is CC(C)NC(=O)CN1C=NS(=O)(=O)c2ccccc21. The fourth-order valence-corrected chi connectivity index (χ4v) is 2.85. The number of para-hydroxylation sites is 1. The monoisotopic (exact) mass is 281 g/mol. The zero-order valence-corrected chi connectivity index (χ0v) is 11.5. The predicted molar refractivity (Wildman–Crippen MR) is 72.7 cm³/mol. The van der Waals surface area contributed by atoms with Crippen LogP contribution in [0.25, 0.3) is 0 Å². The van der Waals surface area contributed by atoms with Crippen LogP contribution in [0.2, 0.25) is 0 Å². The number of amides is 1. The fraction of sp³-hybridized carbons (Fsp3) is 0.333. The number of hydrogen-bond acceptors (Lipinski definition) is 4. The average Bonchev–Trinajstić information content (AvgIpc) is 2.32. The topological polar surface area (TPSA) is 78.8 Å². The van der Waals surface area contributed by atoms with Crippen LogP contribution in [-0.4, -0.2) is 33.3 Å². The lowest BCUT2D eigenvalue weighted by Crippen LogP contribution is -2.41. The second-order valence-corrected chi connectivity index (χ2v) is 6.11. The van der Waals surface area contributed by atoms with Gasteiger partial charge in [-0.2, -0.15) is 8.42 Å². The molecule has 7 heteroatoms. The molecular formula is C12H15N3O3S. The van der Waals surface area contributed by atoms with Crippen molar-refractivity contribution in [1.82, 2.24) is 5.32 Å². The fourth-order valence-electron chi connectivity index (χ4n) is 1.80. The Labute approximate surface area is 112 Å². The van der Waals surface area contributed by atoms with Crippen molar-refractivity contribution in [3.05, 3.63) is 24.3 Å². The van der Waals surface area contributed by atoms with E-state index in [4.69, 9.17) is 0 Å². The first-order valence-corrected chi connectivity index (χ1v) is 7.29. The number of sulfonamides is 1.